The van der Waals surface area contributed by atoms with Crippen molar-refractivity contribution in [3.05, 3.63) is 28.3 Å². The highest BCUT2D eigenvalue weighted by molar-refractivity contribution is 6.32. The molecule has 0 fully saturated rings. The SMILES string of the molecule is CCn1ncc(NC(=O)C(C)n2nc(C(F)(F)F)c(Cl)c2C)c1C(=O)N(C)C. The second-order valence-corrected chi connectivity index (χ2v) is 6.66. The first-order chi connectivity index (χ1) is 12.9. The summed E-state index contributed by atoms with van der Waals surface area (Å²) in [6.45, 7) is 4.89. The lowest BCUT2D eigenvalue weighted by molar-refractivity contribution is -0.141. The Labute approximate surface area is 164 Å². The predicted octanol–water partition coefficient (Wildman–Crippen LogP) is 2.98. The molecule has 0 saturated carbocycles. The number of carbonyl (C=O) groups is 2. The summed E-state index contributed by atoms with van der Waals surface area (Å²) in [7, 11) is 3.11. The number of amides is 2. The van der Waals surface area contributed by atoms with E-state index in [1.54, 1.807) is 21.0 Å². The van der Waals surface area contributed by atoms with Gasteiger partial charge in [0.05, 0.1) is 22.6 Å². The maximum Gasteiger partial charge on any atom is 0.436 e. The van der Waals surface area contributed by atoms with E-state index in [4.69, 9.17) is 11.6 Å². The minimum absolute atomic E-state index is 0.00508. The van der Waals surface area contributed by atoms with Crippen LogP contribution in [-0.2, 0) is 17.5 Å². The van der Waals surface area contributed by atoms with Crippen LogP contribution in [0.2, 0.25) is 5.02 Å². The number of halogens is 4. The number of aromatic nitrogens is 4. The fraction of sp³-hybridized carbons (Fsp3) is 0.500. The molecule has 0 aliphatic rings. The second kappa shape index (κ2) is 7.82. The molecular weight excluding hydrogens is 401 g/mol. The second-order valence-electron chi connectivity index (χ2n) is 6.28. The van der Waals surface area contributed by atoms with E-state index in [0.29, 0.717) is 6.54 Å². The number of hydrogen-bond donors (Lipinski definition) is 1. The molecule has 12 heteroatoms. The zero-order valence-electron chi connectivity index (χ0n) is 15.9. The van der Waals surface area contributed by atoms with Gasteiger partial charge < -0.3 is 10.2 Å². The third kappa shape index (κ3) is 3.98. The molecule has 1 atom stereocenters. The largest absolute Gasteiger partial charge is 0.436 e. The summed E-state index contributed by atoms with van der Waals surface area (Å²) in [5.74, 6) is -1.04. The van der Waals surface area contributed by atoms with E-state index < -0.39 is 28.8 Å². The van der Waals surface area contributed by atoms with E-state index in [9.17, 15) is 22.8 Å². The molecule has 1 unspecified atom stereocenters. The molecular formula is C16H20ClF3N6O2. The van der Waals surface area contributed by atoms with Crippen LogP contribution in [0, 0.1) is 6.92 Å². The van der Waals surface area contributed by atoms with Crippen LogP contribution in [0.5, 0.6) is 0 Å². The van der Waals surface area contributed by atoms with Gasteiger partial charge in [-0.2, -0.15) is 23.4 Å². The van der Waals surface area contributed by atoms with Crippen molar-refractivity contribution >= 4 is 29.1 Å². The Hall–Kier alpha value is -2.56. The molecule has 2 aromatic rings. The van der Waals surface area contributed by atoms with Gasteiger partial charge in [-0.1, -0.05) is 11.6 Å². The zero-order chi connectivity index (χ0) is 21.4. The molecule has 2 rings (SSSR count). The first kappa shape index (κ1) is 21.7. The lowest BCUT2D eigenvalue weighted by atomic mass is 10.2. The van der Waals surface area contributed by atoms with Gasteiger partial charge in [0.25, 0.3) is 5.91 Å². The topological polar surface area (TPSA) is 85.0 Å². The number of rotatable bonds is 5. The maximum absolute atomic E-state index is 13.0. The molecule has 0 aliphatic carbocycles. The summed E-state index contributed by atoms with van der Waals surface area (Å²) in [6, 6.07) is -1.11. The first-order valence-corrected chi connectivity index (χ1v) is 8.68. The molecule has 0 spiro atoms. The maximum atomic E-state index is 13.0. The number of alkyl halides is 3. The lowest BCUT2D eigenvalue weighted by Crippen LogP contribution is -2.29. The molecule has 0 aromatic carbocycles. The van der Waals surface area contributed by atoms with E-state index in [1.165, 1.54) is 29.6 Å². The van der Waals surface area contributed by atoms with Crippen molar-refractivity contribution in [1.29, 1.82) is 0 Å². The van der Waals surface area contributed by atoms with Crippen LogP contribution in [-0.4, -0.2) is 50.4 Å². The smallest absolute Gasteiger partial charge is 0.343 e. The average molecular weight is 421 g/mol. The summed E-state index contributed by atoms with van der Waals surface area (Å²) >= 11 is 5.73. The highest BCUT2D eigenvalue weighted by Crippen LogP contribution is 2.36. The van der Waals surface area contributed by atoms with Crippen LogP contribution < -0.4 is 5.32 Å². The Morgan fingerprint density at radius 1 is 1.36 bits per heavy atom. The normalized spacial score (nSPS) is 12.8. The van der Waals surface area contributed by atoms with Crippen molar-refractivity contribution in [2.45, 2.75) is 39.5 Å². The molecule has 2 amide bonds. The predicted molar refractivity (Wildman–Crippen MR) is 96.2 cm³/mol. The Kier molecular flexibility index (Phi) is 6.07. The van der Waals surface area contributed by atoms with Crippen LogP contribution in [0.4, 0.5) is 18.9 Å². The number of carbonyl (C=O) groups excluding carboxylic acids is 2. The van der Waals surface area contributed by atoms with E-state index in [1.807, 2.05) is 0 Å². The molecule has 154 valence electrons. The molecule has 1 N–H and O–H groups in total. The Bertz CT molecular complexity index is 903. The van der Waals surface area contributed by atoms with Gasteiger partial charge in [-0.05, 0) is 20.8 Å². The Balaban J connectivity index is 2.35. The molecule has 2 aromatic heterocycles. The quantitative estimate of drug-likeness (QED) is 0.805. The molecule has 0 bridgehead atoms. The van der Waals surface area contributed by atoms with Gasteiger partial charge >= 0.3 is 6.18 Å². The van der Waals surface area contributed by atoms with Crippen molar-refractivity contribution in [3.63, 3.8) is 0 Å². The van der Waals surface area contributed by atoms with Crippen LogP contribution in [0.1, 0.15) is 41.8 Å². The molecule has 0 aliphatic heterocycles. The minimum Gasteiger partial charge on any atom is -0.343 e. The molecule has 8 nitrogen and oxygen atoms in total. The summed E-state index contributed by atoms with van der Waals surface area (Å²) in [5, 5.41) is 9.49. The van der Waals surface area contributed by atoms with Crippen molar-refractivity contribution in [1.82, 2.24) is 24.5 Å². The van der Waals surface area contributed by atoms with Crippen LogP contribution in [0.3, 0.4) is 0 Å². The van der Waals surface area contributed by atoms with Gasteiger partial charge in [-0.25, -0.2) is 0 Å². The van der Waals surface area contributed by atoms with Crippen molar-refractivity contribution in [2.75, 3.05) is 19.4 Å². The van der Waals surface area contributed by atoms with Crippen molar-refractivity contribution < 1.29 is 22.8 Å². The highest BCUT2D eigenvalue weighted by Gasteiger charge is 2.39. The number of aryl methyl sites for hydroxylation is 1. The standard InChI is InChI=1S/C16H20ClF3N6O2/c1-6-25-12(15(28)24(4)5)10(7-21-25)22-14(27)9(3)26-8(2)11(17)13(23-26)16(18,19)20/h7,9H,6H2,1-5H3,(H,22,27). The van der Waals surface area contributed by atoms with Gasteiger partial charge in [-0.15, -0.1) is 0 Å². The van der Waals surface area contributed by atoms with E-state index in [2.05, 4.69) is 15.5 Å². The van der Waals surface area contributed by atoms with Crippen molar-refractivity contribution in [3.8, 4) is 0 Å². The number of anilines is 1. The first-order valence-electron chi connectivity index (χ1n) is 8.30. The highest BCUT2D eigenvalue weighted by atomic mass is 35.5. The van der Waals surface area contributed by atoms with Crippen LogP contribution in [0.25, 0.3) is 0 Å². The molecule has 0 saturated heterocycles. The number of hydrogen-bond acceptors (Lipinski definition) is 4. The minimum atomic E-state index is -4.74. The Morgan fingerprint density at radius 2 is 1.96 bits per heavy atom. The van der Waals surface area contributed by atoms with Gasteiger partial charge in [0.15, 0.2) is 5.69 Å². The van der Waals surface area contributed by atoms with E-state index in [0.717, 1.165) is 4.68 Å². The van der Waals surface area contributed by atoms with Crippen LogP contribution >= 0.6 is 11.6 Å². The molecule has 0 radical (unpaired) electrons. The van der Waals surface area contributed by atoms with E-state index in [-0.39, 0.29) is 23.0 Å². The van der Waals surface area contributed by atoms with Gasteiger partial charge in [0.1, 0.15) is 11.7 Å². The number of nitrogens with zero attached hydrogens (tertiary/aromatic N) is 5. The fourth-order valence-corrected chi connectivity index (χ4v) is 2.79. The summed E-state index contributed by atoms with van der Waals surface area (Å²) < 4.78 is 41.3. The number of nitrogens with one attached hydrogen (secondary N) is 1. The Morgan fingerprint density at radius 3 is 2.43 bits per heavy atom. The summed E-state index contributed by atoms with van der Waals surface area (Å²) in [4.78, 5) is 26.3. The zero-order valence-corrected chi connectivity index (χ0v) is 16.7. The monoisotopic (exact) mass is 420 g/mol. The summed E-state index contributed by atoms with van der Waals surface area (Å²) in [5.41, 5.74) is -0.928. The third-order valence-electron chi connectivity index (χ3n) is 4.10. The van der Waals surface area contributed by atoms with E-state index >= 15 is 0 Å². The van der Waals surface area contributed by atoms with Gasteiger partial charge in [-0.3, -0.25) is 19.0 Å². The summed E-state index contributed by atoms with van der Waals surface area (Å²) in [6.07, 6.45) is -3.42. The van der Waals surface area contributed by atoms with Gasteiger partial charge in [0.2, 0.25) is 5.91 Å². The third-order valence-corrected chi connectivity index (χ3v) is 4.55. The van der Waals surface area contributed by atoms with Gasteiger partial charge in [0, 0.05) is 20.6 Å². The molecule has 2 heterocycles. The average Bonchev–Trinajstić information content (AvgIpc) is 3.14. The molecule has 28 heavy (non-hydrogen) atoms. The fourth-order valence-electron chi connectivity index (χ4n) is 2.56. The van der Waals surface area contributed by atoms with Crippen molar-refractivity contribution in [2.24, 2.45) is 0 Å². The lowest BCUT2D eigenvalue weighted by Gasteiger charge is -2.16. The van der Waals surface area contributed by atoms with Crippen LogP contribution in [0.15, 0.2) is 6.20 Å².